The van der Waals surface area contributed by atoms with Gasteiger partial charge in [0, 0.05) is 51.0 Å². The molecule has 2 aromatic rings. The lowest BCUT2D eigenvalue weighted by molar-refractivity contribution is 0.0591. The monoisotopic (exact) mass is 405 g/mol. The summed E-state index contributed by atoms with van der Waals surface area (Å²) in [6.45, 7) is 8.92. The number of hydrogen-bond acceptors (Lipinski definition) is 4. The second-order valence-corrected chi connectivity index (χ2v) is 7.24. The van der Waals surface area contributed by atoms with E-state index >= 15 is 0 Å². The van der Waals surface area contributed by atoms with E-state index in [0.29, 0.717) is 44.8 Å². The number of amides is 2. The topological polar surface area (TPSA) is 70.5 Å². The van der Waals surface area contributed by atoms with Gasteiger partial charge in [-0.1, -0.05) is 0 Å². The van der Waals surface area contributed by atoms with Crippen molar-refractivity contribution in [3.05, 3.63) is 47.3 Å². The fourth-order valence-electron chi connectivity index (χ4n) is 3.27. The van der Waals surface area contributed by atoms with Gasteiger partial charge in [-0.2, -0.15) is 5.10 Å². The Morgan fingerprint density at radius 2 is 1.83 bits per heavy atom. The van der Waals surface area contributed by atoms with Gasteiger partial charge in [0.05, 0.1) is 11.3 Å². The van der Waals surface area contributed by atoms with Gasteiger partial charge < -0.3 is 10.2 Å². The molecule has 1 aromatic heterocycles. The van der Waals surface area contributed by atoms with Crippen LogP contribution in [0.2, 0.25) is 0 Å². The van der Waals surface area contributed by atoms with E-state index in [0.717, 1.165) is 6.07 Å². The highest BCUT2D eigenvalue weighted by Crippen LogP contribution is 2.22. The molecule has 0 unspecified atom stereocenters. The Morgan fingerprint density at radius 1 is 1.14 bits per heavy atom. The normalized spacial score (nSPS) is 15.0. The summed E-state index contributed by atoms with van der Waals surface area (Å²) in [5.41, 5.74) is -0.418. The zero-order chi connectivity index (χ0) is 21.1. The van der Waals surface area contributed by atoms with Crippen LogP contribution >= 0.6 is 0 Å². The summed E-state index contributed by atoms with van der Waals surface area (Å²) >= 11 is 0. The first-order chi connectivity index (χ1) is 13.8. The maximum absolute atomic E-state index is 14.3. The Bertz CT molecular complexity index is 904. The van der Waals surface area contributed by atoms with E-state index in [9.17, 15) is 18.4 Å². The lowest BCUT2D eigenvalue weighted by atomic mass is 10.1. The molecule has 0 aliphatic carbocycles. The summed E-state index contributed by atoms with van der Waals surface area (Å²) in [5, 5.41) is 6.43. The van der Waals surface area contributed by atoms with Crippen molar-refractivity contribution in [2.24, 2.45) is 0 Å². The quantitative estimate of drug-likeness (QED) is 0.830. The van der Waals surface area contributed by atoms with Crippen molar-refractivity contribution in [1.82, 2.24) is 19.6 Å². The van der Waals surface area contributed by atoms with Gasteiger partial charge in [0.2, 0.25) is 0 Å². The number of halogens is 2. The van der Waals surface area contributed by atoms with Crippen LogP contribution < -0.4 is 5.32 Å². The summed E-state index contributed by atoms with van der Waals surface area (Å²) in [4.78, 5) is 28.9. The zero-order valence-corrected chi connectivity index (χ0v) is 16.8. The summed E-state index contributed by atoms with van der Waals surface area (Å²) in [7, 11) is 0. The van der Waals surface area contributed by atoms with E-state index in [-0.39, 0.29) is 16.9 Å². The van der Waals surface area contributed by atoms with Gasteiger partial charge in [0.1, 0.15) is 11.6 Å². The zero-order valence-electron chi connectivity index (χ0n) is 16.8. The van der Waals surface area contributed by atoms with Crippen LogP contribution in [0.15, 0.2) is 24.4 Å². The predicted octanol–water partition coefficient (Wildman–Crippen LogP) is 2.60. The van der Waals surface area contributed by atoms with E-state index in [1.54, 1.807) is 15.8 Å². The number of benzene rings is 1. The molecule has 2 heterocycles. The third-order valence-corrected chi connectivity index (χ3v) is 5.06. The van der Waals surface area contributed by atoms with Gasteiger partial charge in [-0.05, 0) is 32.9 Å². The number of carbonyl (C=O) groups is 2. The van der Waals surface area contributed by atoms with Crippen molar-refractivity contribution in [2.45, 2.75) is 33.4 Å². The van der Waals surface area contributed by atoms with E-state index in [4.69, 9.17) is 0 Å². The van der Waals surface area contributed by atoms with Crippen LogP contribution in [0.4, 0.5) is 14.5 Å². The third-order valence-electron chi connectivity index (χ3n) is 5.06. The molecule has 0 saturated carbocycles. The van der Waals surface area contributed by atoms with Crippen LogP contribution in [0, 0.1) is 11.6 Å². The molecule has 2 amide bonds. The SMILES string of the molecule is CCn1ccc(C(=O)Nc2cc(C(=O)N3CCN(C(C)C)CC3)c(F)cc2F)n1. The number of piperazine rings is 1. The first kappa shape index (κ1) is 20.9. The Balaban J connectivity index is 1.76. The van der Waals surface area contributed by atoms with Crippen molar-refractivity contribution >= 4 is 17.5 Å². The number of aryl methyl sites for hydroxylation is 1. The minimum atomic E-state index is -0.952. The molecule has 1 aliphatic rings. The van der Waals surface area contributed by atoms with Crippen molar-refractivity contribution in [1.29, 1.82) is 0 Å². The lowest BCUT2D eigenvalue weighted by Gasteiger charge is -2.37. The number of rotatable bonds is 5. The van der Waals surface area contributed by atoms with Crippen LogP contribution in [0.5, 0.6) is 0 Å². The van der Waals surface area contributed by atoms with Crippen molar-refractivity contribution in [3.8, 4) is 0 Å². The van der Waals surface area contributed by atoms with Gasteiger partial charge in [0.25, 0.3) is 11.8 Å². The van der Waals surface area contributed by atoms with Gasteiger partial charge in [0.15, 0.2) is 5.69 Å². The molecule has 7 nitrogen and oxygen atoms in total. The molecule has 1 aromatic carbocycles. The van der Waals surface area contributed by atoms with E-state index < -0.39 is 23.4 Å². The minimum absolute atomic E-state index is 0.105. The lowest BCUT2D eigenvalue weighted by Crippen LogP contribution is -2.50. The summed E-state index contributed by atoms with van der Waals surface area (Å²) < 4.78 is 30.1. The fraction of sp³-hybridized carbons (Fsp3) is 0.450. The second kappa shape index (κ2) is 8.69. The van der Waals surface area contributed by atoms with Crippen LogP contribution in [-0.4, -0.2) is 63.6 Å². The van der Waals surface area contributed by atoms with Gasteiger partial charge >= 0.3 is 0 Å². The van der Waals surface area contributed by atoms with E-state index in [2.05, 4.69) is 29.2 Å². The standard InChI is InChI=1S/C20H25F2N5O2/c1-4-27-6-5-17(24-27)19(28)23-18-11-14(15(21)12-16(18)22)20(29)26-9-7-25(8-10-26)13(2)3/h5-6,11-13H,4,7-10H2,1-3H3,(H,23,28). The second-order valence-electron chi connectivity index (χ2n) is 7.24. The third kappa shape index (κ3) is 4.61. The molecule has 0 atom stereocenters. The highest BCUT2D eigenvalue weighted by atomic mass is 19.1. The van der Waals surface area contributed by atoms with Crippen LogP contribution in [0.25, 0.3) is 0 Å². The van der Waals surface area contributed by atoms with Crippen LogP contribution in [0.3, 0.4) is 0 Å². The number of nitrogens with one attached hydrogen (secondary N) is 1. The molecule has 156 valence electrons. The Labute approximate surface area is 168 Å². The number of anilines is 1. The van der Waals surface area contributed by atoms with Gasteiger partial charge in [-0.3, -0.25) is 19.2 Å². The van der Waals surface area contributed by atoms with E-state index in [1.165, 1.54) is 6.07 Å². The highest BCUT2D eigenvalue weighted by molar-refractivity contribution is 6.04. The maximum Gasteiger partial charge on any atom is 0.276 e. The summed E-state index contributed by atoms with van der Waals surface area (Å²) in [6, 6.07) is 3.54. The largest absolute Gasteiger partial charge is 0.336 e. The maximum atomic E-state index is 14.3. The Morgan fingerprint density at radius 3 is 2.41 bits per heavy atom. The molecule has 1 fully saturated rings. The van der Waals surface area contributed by atoms with Crippen LogP contribution in [-0.2, 0) is 6.54 Å². The van der Waals surface area contributed by atoms with Gasteiger partial charge in [-0.25, -0.2) is 8.78 Å². The molecule has 1 aliphatic heterocycles. The molecule has 29 heavy (non-hydrogen) atoms. The average molecular weight is 405 g/mol. The fourth-order valence-corrected chi connectivity index (χ4v) is 3.27. The molecule has 1 N–H and O–H groups in total. The molecule has 0 radical (unpaired) electrons. The number of carbonyl (C=O) groups excluding carboxylic acids is 2. The molecular formula is C20H25F2N5O2. The van der Waals surface area contributed by atoms with E-state index in [1.807, 2.05) is 6.92 Å². The predicted molar refractivity (Wildman–Crippen MR) is 105 cm³/mol. The number of nitrogens with zero attached hydrogens (tertiary/aromatic N) is 4. The molecule has 9 heteroatoms. The molecule has 0 bridgehead atoms. The molecular weight excluding hydrogens is 380 g/mol. The summed E-state index contributed by atoms with van der Waals surface area (Å²) in [6.07, 6.45) is 1.63. The average Bonchev–Trinajstić information content (AvgIpc) is 3.19. The van der Waals surface area contributed by atoms with Crippen molar-refractivity contribution in [3.63, 3.8) is 0 Å². The first-order valence-electron chi connectivity index (χ1n) is 9.67. The molecule has 3 rings (SSSR count). The number of hydrogen-bond donors (Lipinski definition) is 1. The number of aromatic nitrogens is 2. The molecule has 0 spiro atoms. The highest BCUT2D eigenvalue weighted by Gasteiger charge is 2.26. The van der Waals surface area contributed by atoms with Gasteiger partial charge in [-0.15, -0.1) is 0 Å². The first-order valence-corrected chi connectivity index (χ1v) is 9.67. The van der Waals surface area contributed by atoms with Crippen molar-refractivity contribution < 1.29 is 18.4 Å². The smallest absolute Gasteiger partial charge is 0.276 e. The van der Waals surface area contributed by atoms with Crippen LogP contribution in [0.1, 0.15) is 41.6 Å². The summed E-state index contributed by atoms with van der Waals surface area (Å²) in [5.74, 6) is -3.05. The molecule has 1 saturated heterocycles. The minimum Gasteiger partial charge on any atom is -0.336 e. The Kier molecular flexibility index (Phi) is 6.26. The Hall–Kier alpha value is -2.81. The van der Waals surface area contributed by atoms with Crippen molar-refractivity contribution in [2.75, 3.05) is 31.5 Å².